The highest BCUT2D eigenvalue weighted by Crippen LogP contribution is 2.14. The molecule has 0 aromatic carbocycles. The Balaban J connectivity index is 1.64. The first kappa shape index (κ1) is 13.5. The number of pyridine rings is 1. The Bertz CT molecular complexity index is 560. The molecule has 0 amide bonds. The number of nitrogens with one attached hydrogen (secondary N) is 1. The lowest BCUT2D eigenvalue weighted by atomic mass is 10.1. The van der Waals surface area contributed by atoms with Gasteiger partial charge in [0.05, 0.1) is 12.7 Å². The van der Waals surface area contributed by atoms with Crippen LogP contribution in [0.5, 0.6) is 0 Å². The molecule has 2 aromatic heterocycles. The summed E-state index contributed by atoms with van der Waals surface area (Å²) in [7, 11) is 0. The van der Waals surface area contributed by atoms with Crippen molar-refractivity contribution in [2.75, 3.05) is 19.7 Å². The summed E-state index contributed by atoms with van der Waals surface area (Å²) >= 11 is 0. The van der Waals surface area contributed by atoms with Crippen LogP contribution in [0, 0.1) is 0 Å². The first-order valence-electron chi connectivity index (χ1n) is 7.51. The Labute approximate surface area is 119 Å². The molecule has 0 aliphatic carbocycles. The van der Waals surface area contributed by atoms with Crippen LogP contribution >= 0.6 is 0 Å². The molecular weight excluding hydrogens is 252 g/mol. The van der Waals surface area contributed by atoms with E-state index in [2.05, 4.69) is 26.8 Å². The lowest BCUT2D eigenvalue weighted by Gasteiger charge is -2.22. The van der Waals surface area contributed by atoms with Gasteiger partial charge in [-0.2, -0.15) is 0 Å². The van der Waals surface area contributed by atoms with E-state index in [-0.39, 0.29) is 0 Å². The van der Waals surface area contributed by atoms with Gasteiger partial charge in [-0.15, -0.1) is 0 Å². The molecule has 0 unspecified atom stereocenters. The molecule has 5 heteroatoms. The SMILES string of the molecule is CCn1c(CCOC2CCNCC2)nc2cccnc21. The third kappa shape index (κ3) is 2.83. The first-order chi connectivity index (χ1) is 9.88. The van der Waals surface area contributed by atoms with Crippen LogP contribution in [0.15, 0.2) is 18.3 Å². The summed E-state index contributed by atoms with van der Waals surface area (Å²) in [6.45, 7) is 5.92. The highest BCUT2D eigenvalue weighted by Gasteiger charge is 2.14. The fourth-order valence-corrected chi connectivity index (χ4v) is 2.81. The number of ether oxygens (including phenoxy) is 1. The third-order valence-electron chi connectivity index (χ3n) is 3.86. The van der Waals surface area contributed by atoms with Crippen molar-refractivity contribution >= 4 is 11.2 Å². The number of rotatable bonds is 5. The molecule has 20 heavy (non-hydrogen) atoms. The normalized spacial score (nSPS) is 16.9. The van der Waals surface area contributed by atoms with Gasteiger partial charge in [-0.25, -0.2) is 9.97 Å². The molecule has 0 atom stereocenters. The first-order valence-corrected chi connectivity index (χ1v) is 7.51. The Morgan fingerprint density at radius 3 is 3.05 bits per heavy atom. The maximum absolute atomic E-state index is 5.97. The Kier molecular flexibility index (Phi) is 4.28. The Morgan fingerprint density at radius 1 is 1.40 bits per heavy atom. The number of nitrogens with zero attached hydrogens (tertiary/aromatic N) is 3. The van der Waals surface area contributed by atoms with E-state index in [1.54, 1.807) is 0 Å². The summed E-state index contributed by atoms with van der Waals surface area (Å²) < 4.78 is 8.15. The predicted octanol–water partition coefficient (Wildman–Crippen LogP) is 1.76. The average molecular weight is 274 g/mol. The fourth-order valence-electron chi connectivity index (χ4n) is 2.81. The van der Waals surface area contributed by atoms with Crippen LogP contribution in [0.25, 0.3) is 11.2 Å². The molecule has 1 saturated heterocycles. The standard InChI is InChI=1S/C15H22N4O/c1-2-19-14(18-13-4-3-8-17-15(13)19)7-11-20-12-5-9-16-10-6-12/h3-4,8,12,16H,2,5-7,9-11H2,1H3. The van der Waals surface area contributed by atoms with Crippen LogP contribution in [-0.2, 0) is 17.7 Å². The minimum atomic E-state index is 0.411. The molecule has 1 aliphatic rings. The molecule has 0 radical (unpaired) electrons. The second-order valence-corrected chi connectivity index (χ2v) is 5.19. The van der Waals surface area contributed by atoms with Gasteiger partial charge in [0.2, 0.25) is 0 Å². The van der Waals surface area contributed by atoms with E-state index >= 15 is 0 Å². The summed E-state index contributed by atoms with van der Waals surface area (Å²) in [5, 5.41) is 3.35. The van der Waals surface area contributed by atoms with Crippen molar-refractivity contribution in [3.63, 3.8) is 0 Å². The summed E-state index contributed by atoms with van der Waals surface area (Å²) in [5.41, 5.74) is 1.96. The zero-order chi connectivity index (χ0) is 13.8. The van der Waals surface area contributed by atoms with Gasteiger partial charge in [-0.1, -0.05) is 0 Å². The number of aromatic nitrogens is 3. The van der Waals surface area contributed by atoms with Gasteiger partial charge in [0, 0.05) is 19.2 Å². The number of hydrogen-bond acceptors (Lipinski definition) is 4. The van der Waals surface area contributed by atoms with Gasteiger partial charge in [-0.3, -0.25) is 0 Å². The number of piperidine rings is 1. The number of hydrogen-bond donors (Lipinski definition) is 1. The van der Waals surface area contributed by atoms with Gasteiger partial charge < -0.3 is 14.6 Å². The Morgan fingerprint density at radius 2 is 2.25 bits per heavy atom. The maximum atomic E-state index is 5.97. The van der Waals surface area contributed by atoms with E-state index in [1.807, 2.05) is 18.3 Å². The van der Waals surface area contributed by atoms with Crippen LogP contribution in [0.3, 0.4) is 0 Å². The van der Waals surface area contributed by atoms with Crippen molar-refractivity contribution in [3.8, 4) is 0 Å². The van der Waals surface area contributed by atoms with E-state index in [0.717, 1.165) is 62.5 Å². The third-order valence-corrected chi connectivity index (χ3v) is 3.86. The molecule has 3 heterocycles. The molecule has 0 saturated carbocycles. The predicted molar refractivity (Wildman–Crippen MR) is 78.7 cm³/mol. The molecule has 1 fully saturated rings. The van der Waals surface area contributed by atoms with Crippen LogP contribution in [-0.4, -0.2) is 40.3 Å². The van der Waals surface area contributed by atoms with Crippen LogP contribution in [0.1, 0.15) is 25.6 Å². The van der Waals surface area contributed by atoms with E-state index in [1.165, 1.54) is 0 Å². The van der Waals surface area contributed by atoms with Crippen molar-refractivity contribution in [2.24, 2.45) is 0 Å². The molecule has 108 valence electrons. The Hall–Kier alpha value is -1.46. The van der Waals surface area contributed by atoms with Crippen LogP contribution in [0.4, 0.5) is 0 Å². The van der Waals surface area contributed by atoms with Gasteiger partial charge in [-0.05, 0) is 45.0 Å². The molecule has 1 aliphatic heterocycles. The van der Waals surface area contributed by atoms with Crippen LogP contribution in [0.2, 0.25) is 0 Å². The van der Waals surface area contributed by atoms with E-state index in [0.29, 0.717) is 6.10 Å². The second-order valence-electron chi connectivity index (χ2n) is 5.19. The minimum Gasteiger partial charge on any atom is -0.378 e. The molecule has 0 bridgehead atoms. The van der Waals surface area contributed by atoms with Crippen molar-refractivity contribution in [1.29, 1.82) is 0 Å². The molecule has 5 nitrogen and oxygen atoms in total. The van der Waals surface area contributed by atoms with Gasteiger partial charge >= 0.3 is 0 Å². The van der Waals surface area contributed by atoms with Crippen LogP contribution < -0.4 is 5.32 Å². The molecule has 1 N–H and O–H groups in total. The average Bonchev–Trinajstić information content (AvgIpc) is 2.86. The topological polar surface area (TPSA) is 52.0 Å². The van der Waals surface area contributed by atoms with Crippen molar-refractivity contribution < 1.29 is 4.74 Å². The quantitative estimate of drug-likeness (QED) is 0.902. The molecular formula is C15H22N4O. The lowest BCUT2D eigenvalue weighted by Crippen LogP contribution is -2.32. The smallest absolute Gasteiger partial charge is 0.159 e. The van der Waals surface area contributed by atoms with Gasteiger partial charge in [0.15, 0.2) is 5.65 Å². The summed E-state index contributed by atoms with van der Waals surface area (Å²) in [4.78, 5) is 9.10. The summed E-state index contributed by atoms with van der Waals surface area (Å²) in [6, 6.07) is 3.95. The van der Waals surface area contributed by atoms with Crippen molar-refractivity contribution in [3.05, 3.63) is 24.2 Å². The zero-order valence-electron chi connectivity index (χ0n) is 12.0. The maximum Gasteiger partial charge on any atom is 0.159 e. The minimum absolute atomic E-state index is 0.411. The number of aryl methyl sites for hydroxylation is 1. The summed E-state index contributed by atoms with van der Waals surface area (Å²) in [5.74, 6) is 1.08. The van der Waals surface area contributed by atoms with Gasteiger partial charge in [0.1, 0.15) is 11.3 Å². The fraction of sp³-hybridized carbons (Fsp3) is 0.600. The lowest BCUT2D eigenvalue weighted by molar-refractivity contribution is 0.0340. The second kappa shape index (κ2) is 6.33. The number of fused-ring (bicyclic) bond motifs is 1. The van der Waals surface area contributed by atoms with Crippen molar-refractivity contribution in [2.45, 2.75) is 38.8 Å². The highest BCUT2D eigenvalue weighted by atomic mass is 16.5. The van der Waals surface area contributed by atoms with E-state index in [9.17, 15) is 0 Å². The van der Waals surface area contributed by atoms with Crippen molar-refractivity contribution in [1.82, 2.24) is 19.9 Å². The molecule has 2 aromatic rings. The molecule has 3 rings (SSSR count). The number of imidazole rings is 1. The summed E-state index contributed by atoms with van der Waals surface area (Å²) in [6.07, 6.45) is 5.32. The van der Waals surface area contributed by atoms with E-state index in [4.69, 9.17) is 4.74 Å². The largest absolute Gasteiger partial charge is 0.378 e. The monoisotopic (exact) mass is 274 g/mol. The highest BCUT2D eigenvalue weighted by molar-refractivity contribution is 5.71. The van der Waals surface area contributed by atoms with E-state index < -0.39 is 0 Å². The zero-order valence-corrected chi connectivity index (χ0v) is 12.0. The molecule has 0 spiro atoms. The van der Waals surface area contributed by atoms with Gasteiger partial charge in [0.25, 0.3) is 0 Å².